The smallest absolute Gasteiger partial charge is 0.258 e. The van der Waals surface area contributed by atoms with Gasteiger partial charge in [0.25, 0.3) is 16.8 Å². The number of rotatable bonds is 8. The van der Waals surface area contributed by atoms with Gasteiger partial charge < -0.3 is 25.7 Å². The molecule has 8 nitrogen and oxygen atoms in total. The largest absolute Gasteiger partial charge is 0.505 e. The Kier molecular flexibility index (Phi) is 6.46. The van der Waals surface area contributed by atoms with Gasteiger partial charge in [-0.05, 0) is 37.0 Å². The van der Waals surface area contributed by atoms with E-state index in [4.69, 9.17) is 0 Å². The van der Waals surface area contributed by atoms with Crippen LogP contribution in [0.5, 0.6) is 5.75 Å². The first-order valence-electron chi connectivity index (χ1n) is 11.1. The number of phenolic OH excluding ortho intramolecular Hbond substituents is 1. The van der Waals surface area contributed by atoms with Gasteiger partial charge in [-0.15, -0.1) is 0 Å². The first-order chi connectivity index (χ1) is 16.0. The van der Waals surface area contributed by atoms with Crippen LogP contribution < -0.4 is 21.5 Å². The molecule has 172 valence electrons. The quantitative estimate of drug-likeness (QED) is 0.308. The molecule has 0 spiro atoms. The van der Waals surface area contributed by atoms with Gasteiger partial charge in [-0.1, -0.05) is 43.3 Å². The van der Waals surface area contributed by atoms with E-state index in [9.17, 15) is 24.6 Å². The van der Waals surface area contributed by atoms with Crippen molar-refractivity contribution in [2.75, 3.05) is 23.8 Å². The molecule has 0 aliphatic carbocycles. The van der Waals surface area contributed by atoms with Crippen LogP contribution in [0.15, 0.2) is 58.1 Å². The number of hydrogen-bond donors (Lipinski definition) is 4. The van der Waals surface area contributed by atoms with Gasteiger partial charge in [0.1, 0.15) is 11.4 Å². The fourth-order valence-electron chi connectivity index (χ4n) is 4.33. The third kappa shape index (κ3) is 4.21. The van der Waals surface area contributed by atoms with Crippen LogP contribution in [0.25, 0.3) is 0 Å². The van der Waals surface area contributed by atoms with Crippen molar-refractivity contribution in [2.45, 2.75) is 38.3 Å². The minimum Gasteiger partial charge on any atom is -0.505 e. The molecular weight excluding hydrogens is 422 g/mol. The van der Waals surface area contributed by atoms with Crippen LogP contribution in [0.3, 0.4) is 0 Å². The van der Waals surface area contributed by atoms with Gasteiger partial charge in [0.15, 0.2) is 5.75 Å². The van der Waals surface area contributed by atoms with Crippen LogP contribution in [-0.4, -0.2) is 40.2 Å². The minimum absolute atomic E-state index is 0.0590. The number of carbonyl (C=O) groups excluding carboxylic acids is 1. The van der Waals surface area contributed by atoms with Crippen molar-refractivity contribution in [3.63, 3.8) is 0 Å². The molecule has 1 unspecified atom stereocenters. The number of aromatic hydroxyl groups is 1. The highest BCUT2D eigenvalue weighted by molar-refractivity contribution is 5.99. The fourth-order valence-corrected chi connectivity index (χ4v) is 4.33. The molecule has 3 aromatic rings. The van der Waals surface area contributed by atoms with Gasteiger partial charge in [0.2, 0.25) is 0 Å². The lowest BCUT2D eigenvalue weighted by Gasteiger charge is -2.24. The van der Waals surface area contributed by atoms with E-state index >= 15 is 0 Å². The summed E-state index contributed by atoms with van der Waals surface area (Å²) >= 11 is 0. The van der Waals surface area contributed by atoms with Crippen molar-refractivity contribution in [2.24, 2.45) is 0 Å². The van der Waals surface area contributed by atoms with E-state index in [0.29, 0.717) is 19.4 Å². The highest BCUT2D eigenvalue weighted by Gasteiger charge is 2.31. The summed E-state index contributed by atoms with van der Waals surface area (Å²) in [6, 6.07) is 13.8. The number of carbonyl (C=O) groups is 1. The third-order valence-corrected chi connectivity index (χ3v) is 6.21. The molecule has 1 saturated heterocycles. The van der Waals surface area contributed by atoms with Crippen molar-refractivity contribution in [1.29, 1.82) is 0 Å². The third-order valence-electron chi connectivity index (χ3n) is 6.21. The molecule has 3 aromatic carbocycles. The number of nitrogens with one attached hydrogen (secondary N) is 2. The van der Waals surface area contributed by atoms with Crippen LogP contribution >= 0.6 is 0 Å². The van der Waals surface area contributed by atoms with Gasteiger partial charge in [-0.25, -0.2) is 0 Å². The van der Waals surface area contributed by atoms with Gasteiger partial charge in [0, 0.05) is 6.54 Å². The lowest BCUT2D eigenvalue weighted by atomic mass is 10.0. The van der Waals surface area contributed by atoms with Crippen LogP contribution in [-0.2, 0) is 0 Å². The van der Waals surface area contributed by atoms with E-state index in [1.807, 2.05) is 37.3 Å². The predicted octanol–water partition coefficient (Wildman–Crippen LogP) is 2.89. The van der Waals surface area contributed by atoms with Crippen LogP contribution in [0.4, 0.5) is 17.1 Å². The number of aliphatic hydroxyl groups is 1. The van der Waals surface area contributed by atoms with Gasteiger partial charge in [0.05, 0.1) is 29.9 Å². The molecule has 4 N–H and O–H groups in total. The zero-order valence-corrected chi connectivity index (χ0v) is 18.4. The summed E-state index contributed by atoms with van der Waals surface area (Å²) < 4.78 is 0. The van der Waals surface area contributed by atoms with Crippen LogP contribution in [0, 0.1) is 0 Å². The molecule has 0 radical (unpaired) electrons. The lowest BCUT2D eigenvalue weighted by Crippen LogP contribution is -2.38. The van der Waals surface area contributed by atoms with E-state index in [-0.39, 0.29) is 53.0 Å². The molecule has 2 atom stereocenters. The summed E-state index contributed by atoms with van der Waals surface area (Å²) in [6.07, 6.45) is 2.19. The number of benzene rings is 2. The topological polar surface area (TPSA) is 119 Å². The summed E-state index contributed by atoms with van der Waals surface area (Å²) in [7, 11) is 0. The first kappa shape index (κ1) is 22.5. The van der Waals surface area contributed by atoms with Crippen molar-refractivity contribution in [3.8, 4) is 5.75 Å². The van der Waals surface area contributed by atoms with Crippen molar-refractivity contribution in [1.82, 2.24) is 4.90 Å². The maximum absolute atomic E-state index is 13.0. The lowest BCUT2D eigenvalue weighted by molar-refractivity contribution is 0.0674. The van der Waals surface area contributed by atoms with E-state index in [1.165, 1.54) is 12.1 Å². The summed E-state index contributed by atoms with van der Waals surface area (Å²) in [5.41, 5.74) is 0.125. The molecule has 0 saturated carbocycles. The number of anilines is 3. The van der Waals surface area contributed by atoms with Gasteiger partial charge >= 0.3 is 0 Å². The van der Waals surface area contributed by atoms with E-state index in [1.54, 1.807) is 11.0 Å². The Balaban J connectivity index is 1.59. The Labute approximate surface area is 191 Å². The number of para-hydroxylation sites is 1. The van der Waals surface area contributed by atoms with Gasteiger partial charge in [-0.2, -0.15) is 0 Å². The molecule has 33 heavy (non-hydrogen) atoms. The monoisotopic (exact) mass is 449 g/mol. The SMILES string of the molecule is CCC(Nc1c(Nc2cccc(C(=O)N3CCC[C@H]3CO)c2O)c(=O)c1=O)c1ccccc1. The van der Waals surface area contributed by atoms with Crippen molar-refractivity contribution < 1.29 is 15.0 Å². The van der Waals surface area contributed by atoms with Crippen molar-refractivity contribution in [3.05, 3.63) is 80.1 Å². The molecule has 8 heteroatoms. The second kappa shape index (κ2) is 9.46. The number of aliphatic hydroxyl groups excluding tert-OH is 1. The molecule has 1 amide bonds. The Morgan fingerprint density at radius 3 is 2.52 bits per heavy atom. The number of likely N-dealkylation sites (tertiary alicyclic amines) is 1. The zero-order chi connectivity index (χ0) is 23.5. The van der Waals surface area contributed by atoms with Crippen LogP contribution in [0.2, 0.25) is 0 Å². The molecule has 1 aliphatic rings. The maximum Gasteiger partial charge on any atom is 0.258 e. The highest BCUT2D eigenvalue weighted by atomic mass is 16.3. The average molecular weight is 450 g/mol. The first-order valence-corrected chi connectivity index (χ1v) is 11.1. The van der Waals surface area contributed by atoms with E-state index < -0.39 is 10.9 Å². The minimum atomic E-state index is -0.684. The summed E-state index contributed by atoms with van der Waals surface area (Å²) in [5.74, 6) is -0.689. The van der Waals surface area contributed by atoms with Crippen molar-refractivity contribution >= 4 is 23.0 Å². The molecule has 1 fully saturated rings. The number of hydrogen-bond acceptors (Lipinski definition) is 7. The second-order valence-corrected chi connectivity index (χ2v) is 8.23. The second-order valence-electron chi connectivity index (χ2n) is 8.23. The average Bonchev–Trinajstić information content (AvgIpc) is 3.33. The normalized spacial score (nSPS) is 16.7. The van der Waals surface area contributed by atoms with Gasteiger partial charge in [-0.3, -0.25) is 14.4 Å². The molecule has 1 aliphatic heterocycles. The van der Waals surface area contributed by atoms with E-state index in [2.05, 4.69) is 10.6 Å². The molecule has 0 aromatic heterocycles. The Morgan fingerprint density at radius 2 is 1.82 bits per heavy atom. The molecule has 0 bridgehead atoms. The standard InChI is InChI=1S/C25H27N3O5/c1-2-18(15-8-4-3-5-9-15)26-20-21(24(32)23(20)31)27-19-12-6-11-17(22(19)30)25(33)28-13-7-10-16(28)14-29/h3-6,8-9,11-12,16,18,26-27,29-30H,2,7,10,13-14H2,1H3/t16-,18?/m0/s1. The maximum atomic E-state index is 13.0. The number of phenols is 1. The highest BCUT2D eigenvalue weighted by Crippen LogP contribution is 2.34. The Hall–Kier alpha value is -3.65. The molecule has 1 heterocycles. The van der Waals surface area contributed by atoms with Crippen LogP contribution in [0.1, 0.15) is 48.1 Å². The number of nitrogens with zero attached hydrogens (tertiary/aromatic N) is 1. The Bertz CT molecular complexity index is 1220. The van der Waals surface area contributed by atoms with E-state index in [0.717, 1.165) is 12.0 Å². The zero-order valence-electron chi connectivity index (χ0n) is 18.4. The molecular formula is C25H27N3O5. The summed E-state index contributed by atoms with van der Waals surface area (Å²) in [6.45, 7) is 2.34. The predicted molar refractivity (Wildman–Crippen MR) is 127 cm³/mol. The number of amides is 1. The fraction of sp³-hybridized carbons (Fsp3) is 0.320. The molecule has 4 rings (SSSR count). The summed E-state index contributed by atoms with van der Waals surface area (Å²) in [5, 5.41) is 26.3. The summed E-state index contributed by atoms with van der Waals surface area (Å²) in [4.78, 5) is 39.1. The Morgan fingerprint density at radius 1 is 1.09 bits per heavy atom.